The second-order valence-electron chi connectivity index (χ2n) is 6.63. The molecule has 2 aliphatic heterocycles. The van der Waals surface area contributed by atoms with E-state index in [1.165, 1.54) is 12.1 Å². The molecule has 0 radical (unpaired) electrons. The quantitative estimate of drug-likeness (QED) is 0.883. The van der Waals surface area contributed by atoms with Crippen molar-refractivity contribution in [2.24, 2.45) is 0 Å². The summed E-state index contributed by atoms with van der Waals surface area (Å²) in [6.45, 7) is 0.602. The minimum Gasteiger partial charge on any atom is -0.394 e. The Morgan fingerprint density at radius 2 is 2.08 bits per heavy atom. The molecule has 3 atom stereocenters. The van der Waals surface area contributed by atoms with Gasteiger partial charge in [0.1, 0.15) is 5.82 Å². The zero-order valence-electron chi connectivity index (χ0n) is 13.9. The summed E-state index contributed by atoms with van der Waals surface area (Å²) in [4.78, 5) is 16.5. The van der Waals surface area contributed by atoms with E-state index in [1.54, 1.807) is 17.0 Å². The van der Waals surface area contributed by atoms with E-state index < -0.39 is 5.82 Å². The van der Waals surface area contributed by atoms with E-state index in [2.05, 4.69) is 22.3 Å². The van der Waals surface area contributed by atoms with Crippen LogP contribution >= 0.6 is 0 Å². The van der Waals surface area contributed by atoms with E-state index in [1.807, 2.05) is 19.2 Å². The summed E-state index contributed by atoms with van der Waals surface area (Å²) in [6, 6.07) is 13.3. The van der Waals surface area contributed by atoms with Crippen molar-refractivity contribution in [1.82, 2.24) is 4.90 Å². The molecule has 2 aromatic carbocycles. The predicted octanol–water partition coefficient (Wildman–Crippen LogP) is 2.64. The molecule has 1 saturated heterocycles. The van der Waals surface area contributed by atoms with Gasteiger partial charge in [-0.05, 0) is 29.8 Å². The minimum absolute atomic E-state index is 0.00870. The number of likely N-dealkylation sites (tertiary alicyclic amines) is 1. The van der Waals surface area contributed by atoms with Crippen LogP contribution in [0.25, 0.3) is 0 Å². The van der Waals surface area contributed by atoms with Gasteiger partial charge in [-0.3, -0.25) is 0 Å². The highest BCUT2D eigenvalue weighted by Crippen LogP contribution is 2.47. The highest BCUT2D eigenvalue weighted by Gasteiger charge is 2.54. The van der Waals surface area contributed by atoms with Gasteiger partial charge in [0, 0.05) is 30.9 Å². The number of hydrogen-bond acceptors (Lipinski definition) is 3. The van der Waals surface area contributed by atoms with Crippen LogP contribution in [0.1, 0.15) is 11.5 Å². The Morgan fingerprint density at radius 1 is 1.28 bits per heavy atom. The van der Waals surface area contributed by atoms with Crippen LogP contribution in [0.4, 0.5) is 20.6 Å². The maximum Gasteiger partial charge on any atom is 0.322 e. The number of carbonyl (C=O) groups is 1. The molecule has 0 bridgehead atoms. The predicted molar refractivity (Wildman–Crippen MR) is 94.4 cm³/mol. The first-order chi connectivity index (χ1) is 12.1. The number of nitrogens with one attached hydrogen (secondary N) is 1. The molecule has 0 spiro atoms. The van der Waals surface area contributed by atoms with Crippen LogP contribution in [-0.2, 0) is 0 Å². The molecule has 0 unspecified atom stereocenters. The van der Waals surface area contributed by atoms with E-state index in [0.717, 1.165) is 11.3 Å². The molecule has 1 fully saturated rings. The third-order valence-corrected chi connectivity index (χ3v) is 5.21. The van der Waals surface area contributed by atoms with Gasteiger partial charge in [-0.1, -0.05) is 24.3 Å². The molecule has 2 amide bonds. The molecular formula is C19H20FN3O2. The molecule has 0 aliphatic carbocycles. The van der Waals surface area contributed by atoms with Crippen molar-refractivity contribution < 1.29 is 14.3 Å². The number of likely N-dealkylation sites (N-methyl/N-ethyl adjacent to an activating group) is 1. The number of halogens is 1. The summed E-state index contributed by atoms with van der Waals surface area (Å²) in [5.74, 6) is -0.278. The number of aliphatic hydroxyl groups excluding tert-OH is 1. The highest BCUT2D eigenvalue weighted by molar-refractivity contribution is 5.91. The summed E-state index contributed by atoms with van der Waals surface area (Å²) in [5, 5.41) is 12.6. The molecule has 0 aromatic heterocycles. The van der Waals surface area contributed by atoms with Crippen molar-refractivity contribution in [3.05, 3.63) is 59.9 Å². The van der Waals surface area contributed by atoms with Gasteiger partial charge < -0.3 is 20.2 Å². The molecule has 0 saturated carbocycles. The van der Waals surface area contributed by atoms with Gasteiger partial charge in [0.25, 0.3) is 0 Å². The van der Waals surface area contributed by atoms with E-state index in [-0.39, 0.29) is 30.6 Å². The Hall–Kier alpha value is -2.60. The van der Waals surface area contributed by atoms with Crippen molar-refractivity contribution >= 4 is 17.4 Å². The number of carbonyl (C=O) groups excluding carboxylic acids is 1. The van der Waals surface area contributed by atoms with Gasteiger partial charge in [-0.15, -0.1) is 0 Å². The fourth-order valence-corrected chi connectivity index (χ4v) is 4.12. The zero-order chi connectivity index (χ0) is 17.6. The van der Waals surface area contributed by atoms with E-state index in [0.29, 0.717) is 12.2 Å². The smallest absolute Gasteiger partial charge is 0.322 e. The fourth-order valence-electron chi connectivity index (χ4n) is 4.12. The molecule has 25 heavy (non-hydrogen) atoms. The lowest BCUT2D eigenvalue weighted by Gasteiger charge is -2.58. The lowest BCUT2D eigenvalue weighted by Crippen LogP contribution is -2.70. The number of amides is 2. The largest absolute Gasteiger partial charge is 0.394 e. The third kappa shape index (κ3) is 2.53. The first-order valence-electron chi connectivity index (χ1n) is 8.36. The summed E-state index contributed by atoms with van der Waals surface area (Å²) in [5.41, 5.74) is 2.72. The minimum atomic E-state index is -0.399. The molecule has 2 heterocycles. The SMILES string of the molecule is CN1C[C@@H]2[C@H](c3ccccc31)[C@H](CO)N2C(=O)Nc1cccc(F)c1. The topological polar surface area (TPSA) is 55.8 Å². The van der Waals surface area contributed by atoms with E-state index in [4.69, 9.17) is 0 Å². The lowest BCUT2D eigenvalue weighted by molar-refractivity contribution is -0.00227. The number of aliphatic hydroxyl groups is 1. The summed E-state index contributed by atoms with van der Waals surface area (Å²) < 4.78 is 13.3. The van der Waals surface area contributed by atoms with E-state index in [9.17, 15) is 14.3 Å². The van der Waals surface area contributed by atoms with Crippen molar-refractivity contribution in [3.8, 4) is 0 Å². The highest BCUT2D eigenvalue weighted by atomic mass is 19.1. The summed E-state index contributed by atoms with van der Waals surface area (Å²) in [6.07, 6.45) is 0. The normalized spacial score (nSPS) is 24.2. The van der Waals surface area contributed by atoms with E-state index >= 15 is 0 Å². The van der Waals surface area contributed by atoms with Crippen LogP contribution in [-0.4, -0.2) is 48.3 Å². The van der Waals surface area contributed by atoms with Gasteiger partial charge in [0.15, 0.2) is 0 Å². The first kappa shape index (κ1) is 15.9. The maximum absolute atomic E-state index is 13.3. The number of benzene rings is 2. The Kier molecular flexibility index (Phi) is 3.84. The number of para-hydroxylation sites is 1. The van der Waals surface area contributed by atoms with Crippen LogP contribution in [0, 0.1) is 5.82 Å². The fraction of sp³-hybridized carbons (Fsp3) is 0.316. The Labute approximate surface area is 145 Å². The van der Waals surface area contributed by atoms with Gasteiger partial charge in [0.2, 0.25) is 0 Å². The molecular weight excluding hydrogens is 321 g/mol. The van der Waals surface area contributed by atoms with Gasteiger partial charge in [-0.2, -0.15) is 0 Å². The van der Waals surface area contributed by atoms with Gasteiger partial charge >= 0.3 is 6.03 Å². The Morgan fingerprint density at radius 3 is 2.84 bits per heavy atom. The second kappa shape index (κ2) is 6.04. The average molecular weight is 341 g/mol. The van der Waals surface area contributed by atoms with Crippen molar-refractivity contribution in [1.29, 1.82) is 0 Å². The summed E-state index contributed by atoms with van der Waals surface area (Å²) >= 11 is 0. The van der Waals surface area contributed by atoms with Crippen LogP contribution in [0.5, 0.6) is 0 Å². The number of rotatable bonds is 2. The Balaban J connectivity index is 1.59. The maximum atomic E-state index is 13.3. The molecule has 4 rings (SSSR count). The number of hydrogen-bond donors (Lipinski definition) is 2. The van der Waals surface area contributed by atoms with Crippen molar-refractivity contribution in [2.45, 2.75) is 18.0 Å². The number of urea groups is 1. The number of fused-ring (bicyclic) bond motifs is 3. The monoisotopic (exact) mass is 341 g/mol. The standard InChI is InChI=1S/C19H20FN3O2/c1-22-10-16-18(14-7-2-3-8-15(14)22)17(11-24)23(16)19(25)21-13-6-4-5-12(20)9-13/h2-9,16-18,24H,10-11H2,1H3,(H,21,25)/t16-,17+,18+/m1/s1. The molecule has 130 valence electrons. The lowest BCUT2D eigenvalue weighted by atomic mass is 9.72. The molecule has 5 nitrogen and oxygen atoms in total. The summed E-state index contributed by atoms with van der Waals surface area (Å²) in [7, 11) is 2.00. The van der Waals surface area contributed by atoms with Crippen LogP contribution in [0.3, 0.4) is 0 Å². The number of nitrogens with zero attached hydrogens (tertiary/aromatic N) is 2. The third-order valence-electron chi connectivity index (χ3n) is 5.21. The van der Waals surface area contributed by atoms with Crippen LogP contribution in [0.15, 0.2) is 48.5 Å². The van der Waals surface area contributed by atoms with Crippen LogP contribution in [0.2, 0.25) is 0 Å². The average Bonchev–Trinajstić information content (AvgIpc) is 2.57. The van der Waals surface area contributed by atoms with Crippen molar-refractivity contribution in [3.63, 3.8) is 0 Å². The second-order valence-corrected chi connectivity index (χ2v) is 6.63. The van der Waals surface area contributed by atoms with Gasteiger partial charge in [-0.25, -0.2) is 9.18 Å². The number of anilines is 2. The molecule has 2 aromatic rings. The molecule has 2 N–H and O–H groups in total. The molecule has 2 aliphatic rings. The van der Waals surface area contributed by atoms with Crippen molar-refractivity contribution in [2.75, 3.05) is 30.4 Å². The van der Waals surface area contributed by atoms with Crippen LogP contribution < -0.4 is 10.2 Å². The first-order valence-corrected chi connectivity index (χ1v) is 8.36. The Bertz CT molecular complexity index is 813. The molecule has 6 heteroatoms. The van der Waals surface area contributed by atoms with Gasteiger partial charge in [0.05, 0.1) is 18.7 Å². The zero-order valence-corrected chi connectivity index (χ0v) is 13.9.